The zero-order valence-corrected chi connectivity index (χ0v) is 11.1. The number of hydrogen-bond acceptors (Lipinski definition) is 1. The summed E-state index contributed by atoms with van der Waals surface area (Å²) in [5, 5.41) is 0. The topological polar surface area (TPSA) is 3.24 Å². The van der Waals surface area contributed by atoms with Crippen LogP contribution in [0.3, 0.4) is 0 Å². The maximum absolute atomic E-state index is 3.65. The van der Waals surface area contributed by atoms with Crippen molar-refractivity contribution in [2.45, 2.75) is 31.3 Å². The van der Waals surface area contributed by atoms with E-state index in [2.05, 4.69) is 58.2 Å². The van der Waals surface area contributed by atoms with Gasteiger partial charge in [-0.2, -0.15) is 0 Å². The number of likely N-dealkylation sites (N-methyl/N-ethyl adjacent to an activating group) is 1. The van der Waals surface area contributed by atoms with Gasteiger partial charge in [0.2, 0.25) is 0 Å². The molecule has 1 aromatic carbocycles. The quantitative estimate of drug-likeness (QED) is 0.757. The second kappa shape index (κ2) is 4.01. The van der Waals surface area contributed by atoms with Gasteiger partial charge in [-0.15, -0.1) is 0 Å². The third-order valence-corrected chi connectivity index (χ3v) is 4.66. The third-order valence-electron chi connectivity index (χ3n) is 3.96. The van der Waals surface area contributed by atoms with E-state index in [0.717, 1.165) is 6.04 Å². The van der Waals surface area contributed by atoms with E-state index in [1.54, 1.807) is 0 Å². The zero-order valence-electron chi connectivity index (χ0n) is 9.49. The Kier molecular flexibility index (Phi) is 2.64. The maximum atomic E-state index is 3.65. The molecule has 16 heavy (non-hydrogen) atoms. The summed E-state index contributed by atoms with van der Waals surface area (Å²) in [6.07, 6.45) is 6.35. The van der Waals surface area contributed by atoms with Crippen molar-refractivity contribution in [2.75, 3.05) is 7.05 Å². The van der Waals surface area contributed by atoms with Crippen molar-refractivity contribution in [3.05, 3.63) is 40.4 Å². The summed E-state index contributed by atoms with van der Waals surface area (Å²) >= 11 is 3.65. The van der Waals surface area contributed by atoms with Crippen LogP contribution in [0.1, 0.15) is 24.8 Å². The molecule has 1 nitrogen and oxygen atoms in total. The SMILES string of the molecule is CN1C2C=C(c3ccccc3Br)CC1CC2. The molecule has 2 aliphatic rings. The summed E-state index contributed by atoms with van der Waals surface area (Å²) < 4.78 is 1.23. The van der Waals surface area contributed by atoms with Gasteiger partial charge in [0.05, 0.1) is 0 Å². The lowest BCUT2D eigenvalue weighted by Gasteiger charge is -2.30. The fourth-order valence-electron chi connectivity index (χ4n) is 2.96. The molecule has 0 amide bonds. The lowest BCUT2D eigenvalue weighted by molar-refractivity contribution is 0.264. The van der Waals surface area contributed by atoms with Crippen LogP contribution in [0.5, 0.6) is 0 Å². The minimum absolute atomic E-state index is 0.667. The number of hydrogen-bond donors (Lipinski definition) is 0. The van der Waals surface area contributed by atoms with E-state index in [0.29, 0.717) is 6.04 Å². The first-order chi connectivity index (χ1) is 7.75. The molecular weight excluding hydrogens is 262 g/mol. The van der Waals surface area contributed by atoms with E-state index >= 15 is 0 Å². The Bertz CT molecular complexity index is 438. The molecule has 1 saturated heterocycles. The maximum Gasteiger partial charge on any atom is 0.0284 e. The van der Waals surface area contributed by atoms with Crippen molar-refractivity contribution >= 4 is 21.5 Å². The molecule has 2 aliphatic heterocycles. The molecule has 84 valence electrons. The summed E-state index contributed by atoms with van der Waals surface area (Å²) in [7, 11) is 2.26. The van der Waals surface area contributed by atoms with Gasteiger partial charge in [0.25, 0.3) is 0 Å². The van der Waals surface area contributed by atoms with Crippen LogP contribution < -0.4 is 0 Å². The van der Waals surface area contributed by atoms with E-state index in [9.17, 15) is 0 Å². The minimum atomic E-state index is 0.667. The number of fused-ring (bicyclic) bond motifs is 2. The van der Waals surface area contributed by atoms with Gasteiger partial charge in [0.1, 0.15) is 0 Å². The number of rotatable bonds is 1. The van der Waals surface area contributed by atoms with Crippen molar-refractivity contribution < 1.29 is 0 Å². The number of benzene rings is 1. The van der Waals surface area contributed by atoms with Gasteiger partial charge in [-0.3, -0.25) is 4.90 Å². The van der Waals surface area contributed by atoms with Gasteiger partial charge in [0.15, 0.2) is 0 Å². The first kappa shape index (κ1) is 10.5. The van der Waals surface area contributed by atoms with Crippen molar-refractivity contribution in [1.82, 2.24) is 4.90 Å². The van der Waals surface area contributed by atoms with Crippen LogP contribution in [0.15, 0.2) is 34.8 Å². The predicted octanol–water partition coefficient (Wildman–Crippen LogP) is 3.70. The summed E-state index contributed by atoms with van der Waals surface area (Å²) in [5.41, 5.74) is 2.91. The highest BCUT2D eigenvalue weighted by atomic mass is 79.9. The van der Waals surface area contributed by atoms with Crippen molar-refractivity contribution in [3.63, 3.8) is 0 Å². The van der Waals surface area contributed by atoms with Crippen LogP contribution in [0.25, 0.3) is 5.57 Å². The summed E-state index contributed by atoms with van der Waals surface area (Å²) in [4.78, 5) is 2.53. The van der Waals surface area contributed by atoms with E-state index in [1.807, 2.05) is 0 Å². The van der Waals surface area contributed by atoms with Gasteiger partial charge in [0, 0.05) is 16.6 Å². The molecular formula is C14H16BrN. The number of halogens is 1. The fraction of sp³-hybridized carbons (Fsp3) is 0.429. The van der Waals surface area contributed by atoms with Crippen molar-refractivity contribution in [3.8, 4) is 0 Å². The molecule has 2 bridgehead atoms. The highest BCUT2D eigenvalue weighted by molar-refractivity contribution is 9.10. The summed E-state index contributed by atoms with van der Waals surface area (Å²) in [6.45, 7) is 0. The Morgan fingerprint density at radius 3 is 2.81 bits per heavy atom. The van der Waals surface area contributed by atoms with E-state index < -0.39 is 0 Å². The molecule has 0 saturated carbocycles. The van der Waals surface area contributed by atoms with E-state index in [-0.39, 0.29) is 0 Å². The summed E-state index contributed by atoms with van der Waals surface area (Å²) in [5.74, 6) is 0. The predicted molar refractivity (Wildman–Crippen MR) is 71.3 cm³/mol. The van der Waals surface area contributed by atoms with Gasteiger partial charge in [-0.05, 0) is 43.5 Å². The lowest BCUT2D eigenvalue weighted by Crippen LogP contribution is -2.34. The van der Waals surface area contributed by atoms with Crippen LogP contribution in [0.2, 0.25) is 0 Å². The molecule has 1 fully saturated rings. The molecule has 0 spiro atoms. The highest BCUT2D eigenvalue weighted by Crippen LogP contribution is 2.39. The Morgan fingerprint density at radius 2 is 2.06 bits per heavy atom. The fourth-order valence-corrected chi connectivity index (χ4v) is 3.50. The Labute approximate surface area is 105 Å². The van der Waals surface area contributed by atoms with E-state index in [1.165, 1.54) is 34.9 Å². The molecule has 2 unspecified atom stereocenters. The monoisotopic (exact) mass is 277 g/mol. The lowest BCUT2D eigenvalue weighted by atomic mass is 9.95. The van der Waals surface area contributed by atoms with E-state index in [4.69, 9.17) is 0 Å². The molecule has 3 rings (SSSR count). The molecule has 2 atom stereocenters. The summed E-state index contributed by atoms with van der Waals surface area (Å²) in [6, 6.07) is 9.99. The van der Waals surface area contributed by atoms with Gasteiger partial charge < -0.3 is 0 Å². The van der Waals surface area contributed by atoms with Crippen molar-refractivity contribution in [2.24, 2.45) is 0 Å². The molecule has 0 aromatic heterocycles. The van der Waals surface area contributed by atoms with Crippen molar-refractivity contribution in [1.29, 1.82) is 0 Å². The van der Waals surface area contributed by atoms with Gasteiger partial charge in [-0.25, -0.2) is 0 Å². The molecule has 2 heterocycles. The second-order valence-electron chi connectivity index (χ2n) is 4.84. The van der Waals surface area contributed by atoms with Gasteiger partial charge in [-0.1, -0.05) is 40.2 Å². The number of nitrogens with zero attached hydrogens (tertiary/aromatic N) is 1. The Morgan fingerprint density at radius 1 is 1.25 bits per heavy atom. The Hall–Kier alpha value is -0.600. The molecule has 0 aliphatic carbocycles. The zero-order chi connectivity index (χ0) is 11.1. The second-order valence-corrected chi connectivity index (χ2v) is 5.69. The molecule has 0 N–H and O–H groups in total. The third kappa shape index (κ3) is 1.64. The first-order valence-corrected chi connectivity index (χ1v) is 6.72. The van der Waals surface area contributed by atoms with Crippen LogP contribution in [0.4, 0.5) is 0 Å². The van der Waals surface area contributed by atoms with Crippen LogP contribution in [-0.2, 0) is 0 Å². The normalized spacial score (nSPS) is 29.2. The van der Waals surface area contributed by atoms with Crippen LogP contribution >= 0.6 is 15.9 Å². The minimum Gasteiger partial charge on any atom is -0.297 e. The smallest absolute Gasteiger partial charge is 0.0284 e. The molecule has 2 heteroatoms. The average molecular weight is 278 g/mol. The van der Waals surface area contributed by atoms with Crippen LogP contribution in [-0.4, -0.2) is 24.0 Å². The Balaban J connectivity index is 1.98. The standard InChI is InChI=1S/C14H16BrN/c1-16-11-6-7-12(16)9-10(8-11)13-4-2-3-5-14(13)15/h2-5,8,11-12H,6-7,9H2,1H3. The van der Waals surface area contributed by atoms with Crippen LogP contribution in [0, 0.1) is 0 Å². The largest absolute Gasteiger partial charge is 0.297 e. The highest BCUT2D eigenvalue weighted by Gasteiger charge is 2.34. The van der Waals surface area contributed by atoms with Gasteiger partial charge >= 0.3 is 0 Å². The first-order valence-electron chi connectivity index (χ1n) is 5.93. The molecule has 0 radical (unpaired) electrons. The average Bonchev–Trinajstić information content (AvgIpc) is 2.53. The molecule has 1 aromatic rings.